The Morgan fingerprint density at radius 3 is 2.77 bits per heavy atom. The molecule has 1 amide bonds. The molecule has 1 fully saturated rings. The largest absolute Gasteiger partial charge is 0.488 e. The molecule has 1 aromatic carbocycles. The highest BCUT2D eigenvalue weighted by Crippen LogP contribution is 2.45. The number of benzene rings is 1. The molecule has 0 saturated heterocycles. The van der Waals surface area contributed by atoms with E-state index in [1.807, 2.05) is 17.0 Å². The zero-order valence-electron chi connectivity index (χ0n) is 22.5. The van der Waals surface area contributed by atoms with Gasteiger partial charge in [-0.05, 0) is 48.9 Å². The zero-order valence-corrected chi connectivity index (χ0v) is 23.3. The van der Waals surface area contributed by atoms with Crippen LogP contribution in [0.3, 0.4) is 0 Å². The Hall–Kier alpha value is -4.30. The minimum Gasteiger partial charge on any atom is -0.488 e. The van der Waals surface area contributed by atoms with E-state index in [1.165, 1.54) is 0 Å². The molecule has 0 spiro atoms. The van der Waals surface area contributed by atoms with Crippen molar-refractivity contribution in [2.24, 2.45) is 0 Å². The normalized spacial score (nSPS) is 22.2. The summed E-state index contributed by atoms with van der Waals surface area (Å²) in [6.07, 6.45) is 1.18. The van der Waals surface area contributed by atoms with Gasteiger partial charge in [0.1, 0.15) is 24.4 Å². The van der Waals surface area contributed by atoms with Crippen LogP contribution in [0.25, 0.3) is 10.9 Å². The molecule has 3 aromatic heterocycles. The van der Waals surface area contributed by atoms with Crippen molar-refractivity contribution in [2.75, 3.05) is 24.7 Å². The average molecular weight is 612 g/mol. The van der Waals surface area contributed by atoms with E-state index in [1.54, 1.807) is 24.4 Å². The summed E-state index contributed by atoms with van der Waals surface area (Å²) in [5, 5.41) is 3.35. The van der Waals surface area contributed by atoms with Gasteiger partial charge in [-0.1, -0.05) is 0 Å². The molecule has 2 aliphatic heterocycles. The number of sulfone groups is 1. The molecule has 1 N–H and O–H groups in total. The van der Waals surface area contributed by atoms with E-state index in [2.05, 4.69) is 15.3 Å². The third-order valence-corrected chi connectivity index (χ3v) is 9.45. The summed E-state index contributed by atoms with van der Waals surface area (Å²) in [6, 6.07) is 10.8. The van der Waals surface area contributed by atoms with E-state index in [4.69, 9.17) is 14.5 Å². The Balaban J connectivity index is 1.12. The molecular weight excluding hydrogens is 587 g/mol. The lowest BCUT2D eigenvalue weighted by Crippen LogP contribution is -2.30. The quantitative estimate of drug-likeness (QED) is 0.356. The standard InChI is InChI=1S/C29H24F3N5O5S/c30-20-7-16(8-25-19(20)13-41-14-26(32)43(25,39)40)29(38)34-12-17-9-23-15(11-33-17)1-4-27(35-23)37-5-6-42-24-3-2-22(36-28(24)37)18-10-21(18)31/h1-4,7-9,11,18,21,26H,5-6,10,12-14H2,(H,34,38)/t18-,21+,26-/m1/s1. The van der Waals surface area contributed by atoms with Gasteiger partial charge in [-0.2, -0.15) is 0 Å². The number of nitrogens with one attached hydrogen (secondary N) is 1. The molecule has 10 nitrogen and oxygen atoms in total. The molecule has 3 atom stereocenters. The number of pyridine rings is 3. The predicted octanol–water partition coefficient (Wildman–Crippen LogP) is 4.05. The van der Waals surface area contributed by atoms with Crippen molar-refractivity contribution in [2.45, 2.75) is 42.1 Å². The Bertz CT molecular complexity index is 1890. The van der Waals surface area contributed by atoms with Crippen LogP contribution in [0.1, 0.15) is 39.6 Å². The van der Waals surface area contributed by atoms with Crippen LogP contribution in [0.5, 0.6) is 5.75 Å². The second kappa shape index (κ2) is 10.5. The number of carbonyl (C=O) groups excluding carboxylic acids is 1. The molecule has 0 radical (unpaired) electrons. The predicted molar refractivity (Wildman–Crippen MR) is 148 cm³/mol. The topological polar surface area (TPSA) is 124 Å². The van der Waals surface area contributed by atoms with Gasteiger partial charge in [0.2, 0.25) is 15.3 Å². The number of rotatable bonds is 5. The number of aromatic nitrogens is 3. The Morgan fingerprint density at radius 2 is 1.95 bits per heavy atom. The van der Waals surface area contributed by atoms with Crippen molar-refractivity contribution in [1.29, 1.82) is 0 Å². The van der Waals surface area contributed by atoms with Crippen molar-refractivity contribution in [3.63, 3.8) is 0 Å². The van der Waals surface area contributed by atoms with Crippen LogP contribution in [0.4, 0.5) is 24.8 Å². The number of hydrogen-bond acceptors (Lipinski definition) is 9. The summed E-state index contributed by atoms with van der Waals surface area (Å²) in [5.74, 6) is -0.191. The minimum atomic E-state index is -4.53. The van der Waals surface area contributed by atoms with E-state index in [-0.39, 0.29) is 23.6 Å². The molecule has 0 unspecified atom stereocenters. The molecule has 7 rings (SSSR count). The van der Waals surface area contributed by atoms with Gasteiger partial charge in [0.15, 0.2) is 11.6 Å². The SMILES string of the molecule is O=C(NCc1cc2nc(N3CCOc4ccc([C@@H]5C[C@@H]5F)nc43)ccc2cn1)c1cc(F)c2c(c1)S(=O)(=O)[C@@H](F)COC2. The molecule has 1 saturated carbocycles. The fourth-order valence-electron chi connectivity index (χ4n) is 5.19. The van der Waals surface area contributed by atoms with Crippen LogP contribution in [0, 0.1) is 5.82 Å². The molecule has 0 bridgehead atoms. The summed E-state index contributed by atoms with van der Waals surface area (Å²) in [7, 11) is -4.53. The number of anilines is 2. The fourth-order valence-corrected chi connectivity index (χ4v) is 6.54. The number of amides is 1. The highest BCUT2D eigenvalue weighted by atomic mass is 32.2. The van der Waals surface area contributed by atoms with Crippen LogP contribution in [-0.4, -0.2) is 60.7 Å². The first-order valence-corrected chi connectivity index (χ1v) is 15.1. The van der Waals surface area contributed by atoms with Crippen LogP contribution in [0.2, 0.25) is 0 Å². The van der Waals surface area contributed by atoms with E-state index >= 15 is 0 Å². The molecule has 4 aromatic rings. The maximum atomic E-state index is 14.7. The lowest BCUT2D eigenvalue weighted by atomic mass is 10.1. The number of nitrogens with zero attached hydrogens (tertiary/aromatic N) is 4. The number of halogens is 3. The number of carbonyl (C=O) groups is 1. The summed E-state index contributed by atoms with van der Waals surface area (Å²) >= 11 is 0. The van der Waals surface area contributed by atoms with Crippen LogP contribution in [0.15, 0.2) is 53.6 Å². The number of alkyl halides is 2. The summed E-state index contributed by atoms with van der Waals surface area (Å²) in [6.45, 7) is -0.318. The van der Waals surface area contributed by atoms with E-state index in [0.29, 0.717) is 53.9 Å². The average Bonchev–Trinajstić information content (AvgIpc) is 3.76. The first kappa shape index (κ1) is 27.5. The lowest BCUT2D eigenvalue weighted by Gasteiger charge is -2.29. The van der Waals surface area contributed by atoms with Gasteiger partial charge in [0.05, 0.1) is 42.4 Å². The monoisotopic (exact) mass is 611 g/mol. The molecule has 5 heterocycles. The van der Waals surface area contributed by atoms with Gasteiger partial charge >= 0.3 is 0 Å². The van der Waals surface area contributed by atoms with Crippen molar-refractivity contribution >= 4 is 38.3 Å². The second-order valence-electron chi connectivity index (χ2n) is 10.5. The Labute approximate surface area is 243 Å². The smallest absolute Gasteiger partial charge is 0.251 e. The summed E-state index contributed by atoms with van der Waals surface area (Å²) in [4.78, 5) is 28.0. The van der Waals surface area contributed by atoms with Crippen LogP contribution in [-0.2, 0) is 27.7 Å². The Kier molecular flexibility index (Phi) is 6.69. The molecule has 3 aliphatic rings. The van der Waals surface area contributed by atoms with Gasteiger partial charge < -0.3 is 19.7 Å². The highest BCUT2D eigenvalue weighted by molar-refractivity contribution is 7.92. The molecular formula is C29H24F3N5O5S. The summed E-state index contributed by atoms with van der Waals surface area (Å²) in [5.41, 5.74) is -1.26. The van der Waals surface area contributed by atoms with Crippen LogP contribution < -0.4 is 15.0 Å². The third-order valence-electron chi connectivity index (χ3n) is 7.66. The number of ether oxygens (including phenoxy) is 2. The van der Waals surface area contributed by atoms with E-state index < -0.39 is 51.3 Å². The first-order valence-electron chi connectivity index (χ1n) is 13.6. The summed E-state index contributed by atoms with van der Waals surface area (Å²) < 4.78 is 78.4. The van der Waals surface area contributed by atoms with Crippen molar-refractivity contribution in [3.05, 3.63) is 77.0 Å². The van der Waals surface area contributed by atoms with Crippen molar-refractivity contribution in [1.82, 2.24) is 20.3 Å². The molecule has 222 valence electrons. The molecule has 43 heavy (non-hydrogen) atoms. The van der Waals surface area contributed by atoms with Gasteiger partial charge in [0, 0.05) is 34.3 Å². The van der Waals surface area contributed by atoms with E-state index in [9.17, 15) is 26.4 Å². The molecule has 1 aliphatic carbocycles. The second-order valence-corrected chi connectivity index (χ2v) is 12.6. The maximum absolute atomic E-state index is 14.7. The van der Waals surface area contributed by atoms with Gasteiger partial charge in [0.25, 0.3) is 5.91 Å². The highest BCUT2D eigenvalue weighted by Gasteiger charge is 2.41. The molecule has 14 heteroatoms. The first-order chi connectivity index (χ1) is 20.7. The fraction of sp³-hybridized carbons (Fsp3) is 0.310. The zero-order chi connectivity index (χ0) is 29.9. The lowest BCUT2D eigenvalue weighted by molar-refractivity contribution is 0.0938. The maximum Gasteiger partial charge on any atom is 0.251 e. The van der Waals surface area contributed by atoms with Crippen LogP contribution >= 0.6 is 0 Å². The van der Waals surface area contributed by atoms with Gasteiger partial charge in [-0.25, -0.2) is 31.6 Å². The third kappa shape index (κ3) is 5.03. The Morgan fingerprint density at radius 1 is 1.12 bits per heavy atom. The van der Waals surface area contributed by atoms with Crippen molar-refractivity contribution < 1.29 is 35.9 Å². The van der Waals surface area contributed by atoms with Gasteiger partial charge in [-0.15, -0.1) is 0 Å². The van der Waals surface area contributed by atoms with Crippen molar-refractivity contribution in [3.8, 4) is 5.75 Å². The van der Waals surface area contributed by atoms with Gasteiger partial charge in [-0.3, -0.25) is 9.78 Å². The van der Waals surface area contributed by atoms with E-state index in [0.717, 1.165) is 17.5 Å². The number of hydrogen-bond donors (Lipinski definition) is 1. The number of fused-ring (bicyclic) bond motifs is 3. The minimum absolute atomic E-state index is 0.0714.